The summed E-state index contributed by atoms with van der Waals surface area (Å²) in [5.74, 6) is -0.263. The predicted molar refractivity (Wildman–Crippen MR) is 105 cm³/mol. The van der Waals surface area contributed by atoms with E-state index >= 15 is 0 Å². The van der Waals surface area contributed by atoms with E-state index in [1.807, 2.05) is 42.3 Å². The SMILES string of the molecule is C[N+](C)(C)c1cc(Cl)cc(Sc2cc(Cl)cc([N+](C)(C)C)c2[O-])c1[O-]. The molecule has 2 aromatic rings. The Morgan fingerprint density at radius 3 is 1.28 bits per heavy atom. The van der Waals surface area contributed by atoms with Crippen LogP contribution in [0, 0.1) is 0 Å². The van der Waals surface area contributed by atoms with Gasteiger partial charge >= 0.3 is 0 Å². The Morgan fingerprint density at radius 1 is 0.680 bits per heavy atom. The van der Waals surface area contributed by atoms with Crippen molar-refractivity contribution < 1.29 is 10.2 Å². The molecule has 0 aliphatic carbocycles. The minimum atomic E-state index is -0.131. The van der Waals surface area contributed by atoms with Crippen LogP contribution >= 0.6 is 35.0 Å². The summed E-state index contributed by atoms with van der Waals surface area (Å²) in [6, 6.07) is 6.53. The number of nitrogens with zero attached hydrogens (tertiary/aromatic N) is 2. The van der Waals surface area contributed by atoms with Gasteiger partial charge in [-0.15, -0.1) is 0 Å². The van der Waals surface area contributed by atoms with Gasteiger partial charge in [0.25, 0.3) is 0 Å². The zero-order valence-corrected chi connectivity index (χ0v) is 17.5. The first-order valence-corrected chi connectivity index (χ1v) is 9.21. The highest BCUT2D eigenvalue weighted by molar-refractivity contribution is 7.99. The fourth-order valence-electron chi connectivity index (χ4n) is 2.38. The Bertz CT molecular complexity index is 745. The molecule has 2 rings (SSSR count). The Hall–Kier alpha value is -1.11. The number of quaternary nitrogens is 2. The molecule has 0 heterocycles. The number of hydrogen-bond acceptors (Lipinski definition) is 3. The average molecular weight is 401 g/mol. The molecule has 0 unspecified atom stereocenters. The lowest BCUT2D eigenvalue weighted by Crippen LogP contribution is -2.35. The maximum absolute atomic E-state index is 12.8. The second-order valence-corrected chi connectivity index (χ2v) is 9.59. The van der Waals surface area contributed by atoms with E-state index in [0.717, 1.165) is 11.8 Å². The molecule has 0 bridgehead atoms. The van der Waals surface area contributed by atoms with Crippen LogP contribution in [0.4, 0.5) is 11.4 Å². The number of rotatable bonds is 4. The van der Waals surface area contributed by atoms with Gasteiger partial charge < -0.3 is 10.2 Å². The molecular formula is C18H22Cl2N2O2S. The van der Waals surface area contributed by atoms with E-state index in [2.05, 4.69) is 0 Å². The summed E-state index contributed by atoms with van der Waals surface area (Å²) in [4.78, 5) is 0.838. The van der Waals surface area contributed by atoms with Crippen molar-refractivity contribution in [1.82, 2.24) is 8.97 Å². The molecule has 25 heavy (non-hydrogen) atoms. The van der Waals surface area contributed by atoms with Crippen LogP contribution in [0.15, 0.2) is 34.1 Å². The zero-order valence-electron chi connectivity index (χ0n) is 15.2. The highest BCUT2D eigenvalue weighted by Crippen LogP contribution is 2.46. The quantitative estimate of drug-likeness (QED) is 0.735. The van der Waals surface area contributed by atoms with Gasteiger partial charge in [0.05, 0.1) is 42.3 Å². The smallest absolute Gasteiger partial charge is 0.126 e. The zero-order chi connectivity index (χ0) is 19.2. The van der Waals surface area contributed by atoms with Crippen molar-refractivity contribution in [2.24, 2.45) is 0 Å². The molecule has 0 spiro atoms. The van der Waals surface area contributed by atoms with Gasteiger partial charge in [0.2, 0.25) is 0 Å². The van der Waals surface area contributed by atoms with Crippen LogP contribution in [0.3, 0.4) is 0 Å². The standard InChI is InChI=1S/C18H22Cl2N2O2S/c1-21(2,3)13-7-11(19)9-15(17(13)23)25-16-10-12(20)8-14(18(16)24)22(4,5)6/h7-10H,1-6H3. The molecule has 0 fully saturated rings. The van der Waals surface area contributed by atoms with Crippen LogP contribution in [-0.4, -0.2) is 42.3 Å². The average Bonchev–Trinajstić information content (AvgIpc) is 2.43. The monoisotopic (exact) mass is 400 g/mol. The molecule has 0 N–H and O–H groups in total. The number of halogens is 2. The Labute approximate surface area is 163 Å². The molecule has 0 saturated heterocycles. The second kappa shape index (κ2) is 6.89. The van der Waals surface area contributed by atoms with Crippen LogP contribution < -0.4 is 19.2 Å². The Kier molecular flexibility index (Phi) is 5.57. The molecule has 0 atom stereocenters. The normalized spacial score (nSPS) is 12.5. The Morgan fingerprint density at radius 2 is 1.00 bits per heavy atom. The molecule has 0 radical (unpaired) electrons. The van der Waals surface area contributed by atoms with Gasteiger partial charge in [0.15, 0.2) is 0 Å². The fraction of sp³-hybridized carbons (Fsp3) is 0.333. The molecule has 0 amide bonds. The summed E-state index contributed by atoms with van der Waals surface area (Å²) in [6.07, 6.45) is 0. The molecular weight excluding hydrogens is 379 g/mol. The van der Waals surface area contributed by atoms with Gasteiger partial charge in [-0.25, -0.2) is 0 Å². The summed E-state index contributed by atoms with van der Waals surface area (Å²) in [6.45, 7) is 0. The summed E-state index contributed by atoms with van der Waals surface area (Å²) >= 11 is 13.5. The van der Waals surface area contributed by atoms with Crippen molar-refractivity contribution in [1.29, 1.82) is 0 Å². The maximum atomic E-state index is 12.8. The summed E-state index contributed by atoms with van der Waals surface area (Å²) in [7, 11) is 11.4. The van der Waals surface area contributed by atoms with E-state index in [-0.39, 0.29) is 11.5 Å². The lowest BCUT2D eigenvalue weighted by Gasteiger charge is -2.31. The van der Waals surface area contributed by atoms with E-state index < -0.39 is 0 Å². The van der Waals surface area contributed by atoms with Gasteiger partial charge in [-0.3, -0.25) is 8.97 Å². The highest BCUT2D eigenvalue weighted by Gasteiger charge is 2.20. The lowest BCUT2D eigenvalue weighted by atomic mass is 10.2. The van der Waals surface area contributed by atoms with E-state index in [1.54, 1.807) is 24.3 Å². The molecule has 0 aromatic heterocycles. The fourth-order valence-corrected chi connectivity index (χ4v) is 3.93. The third-order valence-corrected chi connectivity index (χ3v) is 5.15. The van der Waals surface area contributed by atoms with Crippen LogP contribution in [0.1, 0.15) is 0 Å². The van der Waals surface area contributed by atoms with Gasteiger partial charge in [0, 0.05) is 32.0 Å². The molecule has 0 saturated carbocycles. The Balaban J connectivity index is 2.58. The van der Waals surface area contributed by atoms with Crippen molar-refractivity contribution in [2.45, 2.75) is 9.79 Å². The van der Waals surface area contributed by atoms with Crippen molar-refractivity contribution in [3.8, 4) is 11.5 Å². The van der Waals surface area contributed by atoms with Crippen molar-refractivity contribution in [3.63, 3.8) is 0 Å². The van der Waals surface area contributed by atoms with Gasteiger partial charge in [-0.1, -0.05) is 35.0 Å². The van der Waals surface area contributed by atoms with E-state index in [0.29, 0.717) is 40.2 Å². The number of hydrogen-bond donors (Lipinski definition) is 0. The summed E-state index contributed by atoms with van der Waals surface area (Å²) < 4.78 is 0.688. The van der Waals surface area contributed by atoms with E-state index in [9.17, 15) is 10.2 Å². The maximum Gasteiger partial charge on any atom is 0.126 e. The van der Waals surface area contributed by atoms with Gasteiger partial charge in [-0.2, -0.15) is 0 Å². The summed E-state index contributed by atoms with van der Waals surface area (Å²) in [5.41, 5.74) is 1.13. The van der Waals surface area contributed by atoms with E-state index in [4.69, 9.17) is 23.2 Å². The second-order valence-electron chi connectivity index (χ2n) is 7.63. The first-order chi connectivity index (χ1) is 11.3. The first-order valence-electron chi connectivity index (χ1n) is 7.63. The van der Waals surface area contributed by atoms with Crippen molar-refractivity contribution in [3.05, 3.63) is 34.3 Å². The van der Waals surface area contributed by atoms with Crippen LogP contribution in [0.5, 0.6) is 11.5 Å². The first kappa shape index (κ1) is 20.2. The minimum absolute atomic E-state index is 0.131. The largest absolute Gasteiger partial charge is 0.868 e. The lowest BCUT2D eigenvalue weighted by molar-refractivity contribution is -0.272. The number of benzene rings is 2. The molecule has 7 heteroatoms. The third-order valence-electron chi connectivity index (χ3n) is 3.67. The van der Waals surface area contributed by atoms with Crippen LogP contribution in [0.2, 0.25) is 10.0 Å². The van der Waals surface area contributed by atoms with Crippen LogP contribution in [-0.2, 0) is 0 Å². The molecule has 136 valence electrons. The van der Waals surface area contributed by atoms with Crippen molar-refractivity contribution in [2.75, 3.05) is 42.3 Å². The van der Waals surface area contributed by atoms with Gasteiger partial charge in [0.1, 0.15) is 11.4 Å². The molecule has 4 nitrogen and oxygen atoms in total. The van der Waals surface area contributed by atoms with E-state index in [1.165, 1.54) is 0 Å². The highest BCUT2D eigenvalue weighted by atomic mass is 35.5. The molecule has 0 aliphatic rings. The molecule has 0 aliphatic heterocycles. The minimum Gasteiger partial charge on any atom is -0.868 e. The van der Waals surface area contributed by atoms with Crippen LogP contribution in [0.25, 0.3) is 0 Å². The van der Waals surface area contributed by atoms with Crippen molar-refractivity contribution >= 4 is 46.3 Å². The summed E-state index contributed by atoms with van der Waals surface area (Å²) in [5, 5.41) is 26.6. The predicted octanol–water partition coefficient (Wildman–Crippen LogP) is 3.69. The molecule has 2 aromatic carbocycles. The van der Waals surface area contributed by atoms with Gasteiger partial charge in [-0.05, 0) is 23.6 Å². The third kappa shape index (κ3) is 4.54. The topological polar surface area (TPSA) is 46.1 Å².